The first-order valence-electron chi connectivity index (χ1n) is 11.1. The molecule has 9 heteroatoms. The molecule has 0 spiro atoms. The van der Waals surface area contributed by atoms with E-state index in [0.717, 1.165) is 68.8 Å². The monoisotopic (exact) mass is 572 g/mol. The zero-order chi connectivity index (χ0) is 21.9. The fourth-order valence-corrected chi connectivity index (χ4v) is 4.34. The van der Waals surface area contributed by atoms with Crippen molar-refractivity contribution in [3.05, 3.63) is 47.0 Å². The third kappa shape index (κ3) is 9.21. The SMILES string of the molecule is CN=C(NCCCOC1CCN(Cc2ccccc2)CC1)NCc1csc(N(C)C)n1.I. The van der Waals surface area contributed by atoms with Gasteiger partial charge in [0.15, 0.2) is 11.1 Å². The Hall–Kier alpha value is -1.43. The summed E-state index contributed by atoms with van der Waals surface area (Å²) < 4.78 is 6.11. The van der Waals surface area contributed by atoms with Gasteiger partial charge in [-0.25, -0.2) is 4.98 Å². The molecule has 178 valence electrons. The molecule has 0 saturated carbocycles. The molecule has 2 heterocycles. The molecule has 0 bridgehead atoms. The van der Waals surface area contributed by atoms with Crippen LogP contribution in [0.1, 0.15) is 30.5 Å². The van der Waals surface area contributed by atoms with E-state index in [0.29, 0.717) is 12.6 Å². The molecule has 1 aromatic heterocycles. The maximum atomic E-state index is 6.11. The lowest BCUT2D eigenvalue weighted by molar-refractivity contribution is 0.00534. The van der Waals surface area contributed by atoms with Gasteiger partial charge in [-0.3, -0.25) is 9.89 Å². The van der Waals surface area contributed by atoms with Gasteiger partial charge in [-0.2, -0.15) is 0 Å². The first kappa shape index (κ1) is 26.8. The van der Waals surface area contributed by atoms with Crippen LogP contribution in [0.2, 0.25) is 0 Å². The second-order valence-corrected chi connectivity index (χ2v) is 8.89. The Morgan fingerprint density at radius 3 is 2.62 bits per heavy atom. The third-order valence-electron chi connectivity index (χ3n) is 5.33. The number of nitrogens with zero attached hydrogens (tertiary/aromatic N) is 4. The average Bonchev–Trinajstić information content (AvgIpc) is 3.27. The number of rotatable bonds is 10. The predicted octanol–water partition coefficient (Wildman–Crippen LogP) is 3.56. The zero-order valence-corrected chi connectivity index (χ0v) is 22.6. The van der Waals surface area contributed by atoms with Crippen LogP contribution in [-0.2, 0) is 17.8 Å². The second kappa shape index (κ2) is 14.7. The molecule has 1 aliphatic rings. The lowest BCUT2D eigenvalue weighted by Gasteiger charge is -2.32. The van der Waals surface area contributed by atoms with Crippen molar-refractivity contribution >= 4 is 46.4 Å². The molecular weight excluding hydrogens is 535 g/mol. The summed E-state index contributed by atoms with van der Waals surface area (Å²) in [4.78, 5) is 13.4. The largest absolute Gasteiger partial charge is 0.378 e. The van der Waals surface area contributed by atoms with Crippen LogP contribution >= 0.6 is 35.3 Å². The van der Waals surface area contributed by atoms with Crippen molar-refractivity contribution < 1.29 is 4.74 Å². The molecule has 1 aliphatic heterocycles. The molecule has 7 nitrogen and oxygen atoms in total. The first-order chi connectivity index (χ1) is 15.1. The summed E-state index contributed by atoms with van der Waals surface area (Å²) in [7, 11) is 5.81. The van der Waals surface area contributed by atoms with E-state index in [2.05, 4.69) is 61.2 Å². The standard InChI is InChI=1S/C23H36N6OS.HI/c1-24-22(26-16-20-18-31-23(27-20)28(2)3)25-12-7-15-30-21-10-13-29(14-11-21)17-19-8-5-4-6-9-19;/h4-6,8-9,18,21H,7,10-17H2,1-3H3,(H2,24,25,26);1H. The van der Waals surface area contributed by atoms with Gasteiger partial charge in [-0.05, 0) is 24.8 Å². The Labute approximate surface area is 213 Å². The minimum atomic E-state index is 0. The maximum Gasteiger partial charge on any atom is 0.191 e. The summed E-state index contributed by atoms with van der Waals surface area (Å²) >= 11 is 1.65. The zero-order valence-electron chi connectivity index (χ0n) is 19.4. The summed E-state index contributed by atoms with van der Waals surface area (Å²) in [5, 5.41) is 9.77. The number of guanidine groups is 1. The minimum Gasteiger partial charge on any atom is -0.378 e. The van der Waals surface area contributed by atoms with Crippen molar-refractivity contribution in [1.29, 1.82) is 0 Å². The number of hydrogen-bond acceptors (Lipinski definition) is 6. The van der Waals surface area contributed by atoms with Gasteiger partial charge in [0.1, 0.15) is 0 Å². The summed E-state index contributed by atoms with van der Waals surface area (Å²) in [6.07, 6.45) is 3.59. The van der Waals surface area contributed by atoms with Crippen LogP contribution in [0.15, 0.2) is 40.7 Å². The molecule has 2 aromatic rings. The van der Waals surface area contributed by atoms with E-state index in [1.54, 1.807) is 18.4 Å². The van der Waals surface area contributed by atoms with E-state index < -0.39 is 0 Å². The smallest absolute Gasteiger partial charge is 0.191 e. The van der Waals surface area contributed by atoms with Crippen LogP contribution in [0.3, 0.4) is 0 Å². The van der Waals surface area contributed by atoms with Crippen LogP contribution in [0.5, 0.6) is 0 Å². The number of nitrogens with one attached hydrogen (secondary N) is 2. The second-order valence-electron chi connectivity index (χ2n) is 8.05. The van der Waals surface area contributed by atoms with E-state index in [-0.39, 0.29) is 24.0 Å². The van der Waals surface area contributed by atoms with Gasteiger partial charge in [0.25, 0.3) is 0 Å². The Morgan fingerprint density at radius 2 is 1.97 bits per heavy atom. The van der Waals surface area contributed by atoms with Gasteiger partial charge < -0.3 is 20.3 Å². The van der Waals surface area contributed by atoms with Crippen LogP contribution in [0.4, 0.5) is 5.13 Å². The van der Waals surface area contributed by atoms with Crippen LogP contribution in [-0.4, -0.2) is 69.3 Å². The van der Waals surface area contributed by atoms with Crippen molar-refractivity contribution in [3.8, 4) is 0 Å². The van der Waals surface area contributed by atoms with Crippen molar-refractivity contribution in [3.63, 3.8) is 0 Å². The highest BCUT2D eigenvalue weighted by molar-refractivity contribution is 14.0. The maximum absolute atomic E-state index is 6.11. The molecule has 0 atom stereocenters. The fraction of sp³-hybridized carbons (Fsp3) is 0.565. The highest BCUT2D eigenvalue weighted by Gasteiger charge is 2.19. The molecule has 3 rings (SSSR count). The van der Waals surface area contributed by atoms with Crippen molar-refractivity contribution in [2.75, 3.05) is 52.3 Å². The van der Waals surface area contributed by atoms with Gasteiger partial charge in [0.2, 0.25) is 0 Å². The lowest BCUT2D eigenvalue weighted by atomic mass is 10.1. The first-order valence-corrected chi connectivity index (χ1v) is 12.0. The van der Waals surface area contributed by atoms with Gasteiger partial charge >= 0.3 is 0 Å². The van der Waals surface area contributed by atoms with Gasteiger partial charge in [-0.15, -0.1) is 35.3 Å². The van der Waals surface area contributed by atoms with Gasteiger partial charge in [0, 0.05) is 59.3 Å². The van der Waals surface area contributed by atoms with Crippen molar-refractivity contribution in [1.82, 2.24) is 20.5 Å². The molecule has 0 aliphatic carbocycles. The number of benzene rings is 1. The number of piperidine rings is 1. The van der Waals surface area contributed by atoms with Crippen LogP contribution in [0, 0.1) is 0 Å². The summed E-state index contributed by atoms with van der Waals surface area (Å²) in [6, 6.07) is 10.7. The predicted molar refractivity (Wildman–Crippen MR) is 145 cm³/mol. The van der Waals surface area contributed by atoms with Crippen molar-refractivity contribution in [2.24, 2.45) is 4.99 Å². The number of anilines is 1. The molecule has 32 heavy (non-hydrogen) atoms. The van der Waals surface area contributed by atoms with E-state index in [1.807, 2.05) is 19.0 Å². The number of aromatic nitrogens is 1. The lowest BCUT2D eigenvalue weighted by Crippen LogP contribution is -2.38. The molecule has 0 unspecified atom stereocenters. The third-order valence-corrected chi connectivity index (χ3v) is 6.39. The Bertz CT molecular complexity index is 793. The molecule has 0 amide bonds. The normalized spacial score (nSPS) is 15.3. The Balaban J connectivity index is 0.00000363. The van der Waals surface area contributed by atoms with E-state index in [1.165, 1.54) is 5.56 Å². The van der Waals surface area contributed by atoms with Gasteiger partial charge in [0.05, 0.1) is 18.3 Å². The number of hydrogen-bond donors (Lipinski definition) is 2. The molecule has 1 saturated heterocycles. The van der Waals surface area contributed by atoms with E-state index >= 15 is 0 Å². The summed E-state index contributed by atoms with van der Waals surface area (Å²) in [6.45, 7) is 5.56. The number of thiazole rings is 1. The summed E-state index contributed by atoms with van der Waals surface area (Å²) in [5.41, 5.74) is 2.42. The molecule has 1 aromatic carbocycles. The van der Waals surface area contributed by atoms with E-state index in [9.17, 15) is 0 Å². The number of halogens is 1. The topological polar surface area (TPSA) is 65.0 Å². The average molecular weight is 573 g/mol. The Kier molecular flexibility index (Phi) is 12.3. The number of likely N-dealkylation sites (tertiary alicyclic amines) is 1. The number of ether oxygens (including phenoxy) is 1. The van der Waals surface area contributed by atoms with Gasteiger partial charge in [-0.1, -0.05) is 30.3 Å². The Morgan fingerprint density at radius 1 is 1.22 bits per heavy atom. The molecule has 1 fully saturated rings. The van der Waals surface area contributed by atoms with Crippen molar-refractivity contribution in [2.45, 2.75) is 38.5 Å². The summed E-state index contributed by atoms with van der Waals surface area (Å²) in [5.74, 6) is 0.800. The molecular formula is C23H37IN6OS. The number of aliphatic imine (C=N–C) groups is 1. The fourth-order valence-electron chi connectivity index (χ4n) is 3.58. The van der Waals surface area contributed by atoms with Crippen LogP contribution < -0.4 is 15.5 Å². The molecule has 2 N–H and O–H groups in total. The quantitative estimate of drug-likeness (QED) is 0.197. The molecule has 0 radical (unpaired) electrons. The van der Waals surface area contributed by atoms with Crippen LogP contribution in [0.25, 0.3) is 0 Å². The highest BCUT2D eigenvalue weighted by Crippen LogP contribution is 2.18. The highest BCUT2D eigenvalue weighted by atomic mass is 127. The minimum absolute atomic E-state index is 0. The van der Waals surface area contributed by atoms with E-state index in [4.69, 9.17) is 4.74 Å².